The van der Waals surface area contributed by atoms with Crippen molar-refractivity contribution in [2.75, 3.05) is 19.7 Å². The minimum absolute atomic E-state index is 0.0287. The maximum absolute atomic E-state index is 12.4. The van der Waals surface area contributed by atoms with Gasteiger partial charge in [0.1, 0.15) is 4.90 Å². The van der Waals surface area contributed by atoms with Gasteiger partial charge in [-0.25, -0.2) is 8.42 Å². The van der Waals surface area contributed by atoms with Crippen LogP contribution in [-0.4, -0.2) is 47.7 Å². The molecule has 0 aliphatic carbocycles. The quantitative estimate of drug-likeness (QED) is 0.840. The molecular formula is C11H19N3O3S. The number of rotatable bonds is 4. The van der Waals surface area contributed by atoms with E-state index < -0.39 is 10.0 Å². The highest BCUT2D eigenvalue weighted by Gasteiger charge is 2.38. The Morgan fingerprint density at radius 2 is 2.39 bits per heavy atom. The van der Waals surface area contributed by atoms with E-state index in [1.807, 2.05) is 6.92 Å². The summed E-state index contributed by atoms with van der Waals surface area (Å²) in [5.74, 6) is 0. The van der Waals surface area contributed by atoms with Gasteiger partial charge in [0.05, 0.1) is 6.20 Å². The molecule has 1 saturated heterocycles. The second-order valence-corrected chi connectivity index (χ2v) is 6.83. The minimum Gasteiger partial charge on any atom is -0.396 e. The molecule has 1 aromatic rings. The summed E-state index contributed by atoms with van der Waals surface area (Å²) in [5, 5.41) is 15.7. The first-order valence-electron chi connectivity index (χ1n) is 6.14. The summed E-state index contributed by atoms with van der Waals surface area (Å²) in [7, 11) is -3.48. The van der Waals surface area contributed by atoms with Crippen LogP contribution in [-0.2, 0) is 10.0 Å². The summed E-state index contributed by atoms with van der Waals surface area (Å²) >= 11 is 0. The van der Waals surface area contributed by atoms with Crippen LogP contribution >= 0.6 is 0 Å². The third kappa shape index (κ3) is 2.30. The molecule has 2 N–H and O–H groups in total. The van der Waals surface area contributed by atoms with E-state index in [0.717, 1.165) is 19.3 Å². The summed E-state index contributed by atoms with van der Waals surface area (Å²) in [6, 6.07) is 0. The van der Waals surface area contributed by atoms with Gasteiger partial charge in [-0.15, -0.1) is 0 Å². The molecule has 6 nitrogen and oxygen atoms in total. The lowest BCUT2D eigenvalue weighted by Gasteiger charge is -2.40. The zero-order valence-electron chi connectivity index (χ0n) is 10.5. The lowest BCUT2D eigenvalue weighted by atomic mass is 9.79. The summed E-state index contributed by atoms with van der Waals surface area (Å²) < 4.78 is 26.2. The molecule has 0 saturated carbocycles. The maximum Gasteiger partial charge on any atom is 0.246 e. The topological polar surface area (TPSA) is 86.3 Å². The molecular weight excluding hydrogens is 254 g/mol. The van der Waals surface area contributed by atoms with E-state index >= 15 is 0 Å². The van der Waals surface area contributed by atoms with Crippen molar-refractivity contribution < 1.29 is 13.5 Å². The van der Waals surface area contributed by atoms with Gasteiger partial charge in [0, 0.05) is 31.3 Å². The molecule has 0 bridgehead atoms. The fraction of sp³-hybridized carbons (Fsp3) is 0.727. The Labute approximate surface area is 107 Å². The molecule has 1 aromatic heterocycles. The van der Waals surface area contributed by atoms with Crippen molar-refractivity contribution in [3.63, 3.8) is 0 Å². The second-order valence-electron chi connectivity index (χ2n) is 4.89. The molecule has 0 unspecified atom stereocenters. The van der Waals surface area contributed by atoms with Crippen LogP contribution in [0.3, 0.4) is 0 Å². The summed E-state index contributed by atoms with van der Waals surface area (Å²) in [6.07, 6.45) is 5.14. The predicted octanol–water partition coefficient (Wildman–Crippen LogP) is 0.583. The van der Waals surface area contributed by atoms with Gasteiger partial charge in [-0.2, -0.15) is 9.40 Å². The number of nitrogens with zero attached hydrogens (tertiary/aromatic N) is 2. The van der Waals surface area contributed by atoms with Crippen molar-refractivity contribution in [3.8, 4) is 0 Å². The van der Waals surface area contributed by atoms with E-state index in [1.54, 1.807) is 0 Å². The van der Waals surface area contributed by atoms with Crippen molar-refractivity contribution in [1.29, 1.82) is 0 Å². The van der Waals surface area contributed by atoms with Crippen LogP contribution in [0.1, 0.15) is 26.2 Å². The van der Waals surface area contributed by atoms with E-state index in [2.05, 4.69) is 10.2 Å². The number of sulfonamides is 1. The fourth-order valence-electron chi connectivity index (χ4n) is 2.43. The minimum atomic E-state index is -3.48. The normalized spacial score (nSPS) is 26.3. The van der Waals surface area contributed by atoms with E-state index in [0.29, 0.717) is 13.1 Å². The molecule has 0 amide bonds. The Hall–Kier alpha value is -0.920. The number of hydrogen-bond acceptors (Lipinski definition) is 4. The number of nitrogens with one attached hydrogen (secondary N) is 1. The standard InChI is InChI=1S/C11H19N3O3S/c1-2-11(9-15)4-3-5-14(8-11)18(16,17)10-6-12-13-7-10/h6-7,15H,2-5,8-9H2,1H3,(H,12,13)/t11-/m0/s1. The molecule has 1 aliphatic heterocycles. The first-order valence-corrected chi connectivity index (χ1v) is 7.58. The van der Waals surface area contributed by atoms with E-state index in [-0.39, 0.29) is 16.9 Å². The van der Waals surface area contributed by atoms with Crippen molar-refractivity contribution in [3.05, 3.63) is 12.4 Å². The average molecular weight is 273 g/mol. The third-order valence-electron chi connectivity index (χ3n) is 3.82. The molecule has 0 radical (unpaired) electrons. The number of aliphatic hydroxyl groups is 1. The molecule has 1 fully saturated rings. The van der Waals surface area contributed by atoms with Gasteiger partial charge in [-0.1, -0.05) is 6.92 Å². The van der Waals surface area contributed by atoms with Crippen LogP contribution in [0.5, 0.6) is 0 Å². The molecule has 1 atom stereocenters. The van der Waals surface area contributed by atoms with Crippen LogP contribution in [0.2, 0.25) is 0 Å². The number of aromatic nitrogens is 2. The van der Waals surface area contributed by atoms with Crippen LogP contribution in [0.4, 0.5) is 0 Å². The Morgan fingerprint density at radius 3 is 2.94 bits per heavy atom. The SMILES string of the molecule is CC[C@]1(CO)CCCN(S(=O)(=O)c2cn[nH]c2)C1. The zero-order chi connectivity index (χ0) is 13.2. The van der Waals surface area contributed by atoms with Crippen LogP contribution in [0, 0.1) is 5.41 Å². The van der Waals surface area contributed by atoms with Gasteiger partial charge >= 0.3 is 0 Å². The van der Waals surface area contributed by atoms with Crippen LogP contribution < -0.4 is 0 Å². The molecule has 18 heavy (non-hydrogen) atoms. The maximum atomic E-state index is 12.4. The van der Waals surface area contributed by atoms with Gasteiger partial charge in [0.2, 0.25) is 10.0 Å². The van der Waals surface area contributed by atoms with Gasteiger partial charge in [-0.3, -0.25) is 5.10 Å². The number of piperidine rings is 1. The summed E-state index contributed by atoms with van der Waals surface area (Å²) in [5.41, 5.74) is -0.297. The lowest BCUT2D eigenvalue weighted by Crippen LogP contribution is -2.47. The van der Waals surface area contributed by atoms with Gasteiger partial charge in [-0.05, 0) is 19.3 Å². The van der Waals surface area contributed by atoms with Gasteiger partial charge in [0.25, 0.3) is 0 Å². The van der Waals surface area contributed by atoms with Gasteiger partial charge < -0.3 is 5.11 Å². The molecule has 102 valence electrons. The van der Waals surface area contributed by atoms with E-state index in [1.165, 1.54) is 16.7 Å². The van der Waals surface area contributed by atoms with E-state index in [4.69, 9.17) is 0 Å². The van der Waals surface area contributed by atoms with Crippen molar-refractivity contribution in [1.82, 2.24) is 14.5 Å². The monoisotopic (exact) mass is 273 g/mol. The second kappa shape index (κ2) is 4.99. The Balaban J connectivity index is 2.24. The van der Waals surface area contributed by atoms with Gasteiger partial charge in [0.15, 0.2) is 0 Å². The van der Waals surface area contributed by atoms with Crippen molar-refractivity contribution in [2.24, 2.45) is 5.41 Å². The van der Waals surface area contributed by atoms with Crippen LogP contribution in [0.15, 0.2) is 17.3 Å². The molecule has 2 rings (SSSR count). The van der Waals surface area contributed by atoms with E-state index in [9.17, 15) is 13.5 Å². The Morgan fingerprint density at radius 1 is 1.61 bits per heavy atom. The smallest absolute Gasteiger partial charge is 0.246 e. The van der Waals surface area contributed by atoms with Crippen LogP contribution in [0.25, 0.3) is 0 Å². The lowest BCUT2D eigenvalue weighted by molar-refractivity contribution is 0.0609. The number of aromatic amines is 1. The summed E-state index contributed by atoms with van der Waals surface area (Å²) in [6.45, 7) is 2.91. The average Bonchev–Trinajstić information content (AvgIpc) is 2.93. The highest BCUT2D eigenvalue weighted by Crippen LogP contribution is 2.34. The Kier molecular flexibility index (Phi) is 3.74. The molecule has 0 spiro atoms. The first kappa shape index (κ1) is 13.5. The number of aliphatic hydroxyl groups excluding tert-OH is 1. The highest BCUT2D eigenvalue weighted by atomic mass is 32.2. The van der Waals surface area contributed by atoms with Crippen molar-refractivity contribution in [2.45, 2.75) is 31.1 Å². The third-order valence-corrected chi connectivity index (χ3v) is 5.63. The summed E-state index contributed by atoms with van der Waals surface area (Å²) in [4.78, 5) is 0.187. The number of hydrogen-bond donors (Lipinski definition) is 2. The first-order chi connectivity index (χ1) is 8.54. The molecule has 7 heteroatoms. The predicted molar refractivity (Wildman–Crippen MR) is 66.4 cm³/mol. The highest BCUT2D eigenvalue weighted by molar-refractivity contribution is 7.89. The largest absolute Gasteiger partial charge is 0.396 e. The fourth-order valence-corrected chi connectivity index (χ4v) is 3.93. The Bertz CT molecular complexity index is 480. The molecule has 2 heterocycles. The molecule has 0 aromatic carbocycles. The van der Waals surface area contributed by atoms with Crippen molar-refractivity contribution >= 4 is 10.0 Å². The zero-order valence-corrected chi connectivity index (χ0v) is 11.3. The molecule has 1 aliphatic rings. The number of H-pyrrole nitrogens is 1.